The van der Waals surface area contributed by atoms with Crippen LogP contribution in [-0.2, 0) is 6.42 Å². The predicted molar refractivity (Wildman–Crippen MR) is 114 cm³/mol. The molecule has 0 saturated heterocycles. The zero-order valence-electron chi connectivity index (χ0n) is 14.8. The fraction of sp³-hybridized carbons (Fsp3) is 0.158. The minimum atomic E-state index is 0.476. The number of hydrogen-bond acceptors (Lipinski definition) is 7. The third kappa shape index (κ3) is 3.23. The lowest BCUT2D eigenvalue weighted by Gasteiger charge is -2.07. The minimum absolute atomic E-state index is 0.476. The number of fused-ring (bicyclic) bond motifs is 2. The van der Waals surface area contributed by atoms with Gasteiger partial charge in [-0.05, 0) is 30.7 Å². The molecule has 6 nitrogen and oxygen atoms in total. The van der Waals surface area contributed by atoms with Gasteiger partial charge in [-0.1, -0.05) is 11.6 Å². The summed E-state index contributed by atoms with van der Waals surface area (Å²) in [4.78, 5) is 22.9. The number of aromatic nitrogens is 5. The molecule has 4 heterocycles. The van der Waals surface area contributed by atoms with Gasteiger partial charge in [0.05, 0.1) is 22.0 Å². The van der Waals surface area contributed by atoms with Crippen molar-refractivity contribution in [1.82, 2.24) is 24.9 Å². The van der Waals surface area contributed by atoms with Crippen LogP contribution in [-0.4, -0.2) is 31.5 Å². The first-order valence-electron chi connectivity index (χ1n) is 8.60. The highest BCUT2D eigenvalue weighted by molar-refractivity contribution is 7.16. The van der Waals surface area contributed by atoms with E-state index in [2.05, 4.69) is 24.9 Å². The Morgan fingerprint density at radius 3 is 3.00 bits per heavy atom. The van der Waals surface area contributed by atoms with Gasteiger partial charge < -0.3 is 9.72 Å². The maximum atomic E-state index is 6.13. The highest BCUT2D eigenvalue weighted by Gasteiger charge is 2.15. The number of aryl methyl sites for hydroxylation is 1. The van der Waals surface area contributed by atoms with Crippen LogP contribution < -0.4 is 4.74 Å². The smallest absolute Gasteiger partial charge is 0.245 e. The van der Waals surface area contributed by atoms with E-state index in [1.54, 1.807) is 23.0 Å². The van der Waals surface area contributed by atoms with E-state index in [1.807, 2.05) is 31.3 Å². The van der Waals surface area contributed by atoms with Crippen LogP contribution in [0.2, 0.25) is 5.02 Å². The molecule has 0 radical (unpaired) electrons. The number of benzene rings is 1. The largest absolute Gasteiger partial charge is 0.476 e. The molecule has 0 aliphatic carbocycles. The molecule has 5 rings (SSSR count). The van der Waals surface area contributed by atoms with Crippen LogP contribution in [0.5, 0.6) is 5.88 Å². The summed E-state index contributed by atoms with van der Waals surface area (Å²) in [5.74, 6) is 1.13. The number of thiazole rings is 2. The van der Waals surface area contributed by atoms with Gasteiger partial charge >= 0.3 is 0 Å². The van der Waals surface area contributed by atoms with Crippen LogP contribution in [0.3, 0.4) is 0 Å². The normalized spacial score (nSPS) is 11.5. The summed E-state index contributed by atoms with van der Waals surface area (Å²) in [6.07, 6.45) is 4.51. The van der Waals surface area contributed by atoms with Gasteiger partial charge in [0.15, 0.2) is 16.2 Å². The summed E-state index contributed by atoms with van der Waals surface area (Å²) in [6.45, 7) is 2.44. The summed E-state index contributed by atoms with van der Waals surface area (Å²) in [6, 6.07) is 5.83. The molecule has 4 aromatic heterocycles. The van der Waals surface area contributed by atoms with Crippen LogP contribution in [0.1, 0.15) is 10.6 Å². The molecule has 1 N–H and O–H groups in total. The number of ether oxygens (including phenoxy) is 1. The number of nitrogens with zero attached hydrogens (tertiary/aromatic N) is 4. The molecular formula is C19H14ClN5OS2. The van der Waals surface area contributed by atoms with Crippen LogP contribution in [0, 0.1) is 6.92 Å². The van der Waals surface area contributed by atoms with Crippen molar-refractivity contribution in [1.29, 1.82) is 0 Å². The molecular weight excluding hydrogens is 414 g/mol. The molecule has 140 valence electrons. The standard InChI is InChI=1S/C19H14ClN5OS2/c1-10-21-8-15(28-10)17-24-18(16-19(25-17)27-9-23-16)26-5-4-11-7-22-14-3-2-12(20)6-13(11)14/h2-3,6-9,22H,4-5H2,1H3. The van der Waals surface area contributed by atoms with Crippen LogP contribution in [0.15, 0.2) is 36.1 Å². The highest BCUT2D eigenvalue weighted by Crippen LogP contribution is 2.30. The molecule has 0 aliphatic heterocycles. The maximum absolute atomic E-state index is 6.13. The van der Waals surface area contributed by atoms with Crippen molar-refractivity contribution < 1.29 is 4.74 Å². The summed E-state index contributed by atoms with van der Waals surface area (Å²) in [7, 11) is 0. The van der Waals surface area contributed by atoms with E-state index in [0.717, 1.165) is 42.6 Å². The van der Waals surface area contributed by atoms with E-state index in [4.69, 9.17) is 16.3 Å². The molecule has 1 aromatic carbocycles. The van der Waals surface area contributed by atoms with Crippen molar-refractivity contribution >= 4 is 55.5 Å². The fourth-order valence-corrected chi connectivity index (χ4v) is 4.56. The lowest BCUT2D eigenvalue weighted by Crippen LogP contribution is -2.04. The molecule has 0 unspecified atom stereocenters. The Bertz CT molecular complexity index is 1290. The molecule has 9 heteroatoms. The lowest BCUT2D eigenvalue weighted by atomic mass is 10.1. The average Bonchev–Trinajstić information content (AvgIpc) is 3.41. The zero-order chi connectivity index (χ0) is 19.1. The predicted octanol–water partition coefficient (Wildman–Crippen LogP) is 5.27. The van der Waals surface area contributed by atoms with E-state index >= 15 is 0 Å². The van der Waals surface area contributed by atoms with Crippen molar-refractivity contribution in [3.63, 3.8) is 0 Å². The molecule has 5 aromatic rings. The third-order valence-corrected chi connectivity index (χ3v) is 6.21. The second-order valence-corrected chi connectivity index (χ2v) is 8.71. The number of nitrogens with one attached hydrogen (secondary N) is 1. The first-order valence-corrected chi connectivity index (χ1v) is 10.7. The van der Waals surface area contributed by atoms with Crippen LogP contribution >= 0.6 is 34.3 Å². The fourth-order valence-electron chi connectivity index (χ4n) is 3.03. The van der Waals surface area contributed by atoms with Crippen LogP contribution in [0.25, 0.3) is 32.0 Å². The lowest BCUT2D eigenvalue weighted by molar-refractivity contribution is 0.313. The molecule has 0 aliphatic rings. The molecule has 0 fully saturated rings. The Labute approximate surface area is 173 Å². The van der Waals surface area contributed by atoms with Gasteiger partial charge in [-0.2, -0.15) is 4.98 Å². The maximum Gasteiger partial charge on any atom is 0.245 e. The zero-order valence-corrected chi connectivity index (χ0v) is 17.2. The average molecular weight is 428 g/mol. The summed E-state index contributed by atoms with van der Waals surface area (Å²) < 4.78 is 6.03. The highest BCUT2D eigenvalue weighted by atomic mass is 35.5. The number of aromatic amines is 1. The Morgan fingerprint density at radius 2 is 2.14 bits per heavy atom. The first-order chi connectivity index (χ1) is 13.7. The van der Waals surface area contributed by atoms with E-state index < -0.39 is 0 Å². The number of H-pyrrole nitrogens is 1. The monoisotopic (exact) mass is 427 g/mol. The van der Waals surface area contributed by atoms with Crippen molar-refractivity contribution in [2.75, 3.05) is 6.61 Å². The topological polar surface area (TPSA) is 76.6 Å². The van der Waals surface area contributed by atoms with Crippen molar-refractivity contribution in [2.24, 2.45) is 0 Å². The van der Waals surface area contributed by atoms with Gasteiger partial charge in [-0.25, -0.2) is 15.0 Å². The van der Waals surface area contributed by atoms with Crippen LogP contribution in [0.4, 0.5) is 0 Å². The summed E-state index contributed by atoms with van der Waals surface area (Å²) in [5.41, 5.74) is 4.66. The molecule has 0 amide bonds. The Kier molecular flexibility index (Phi) is 4.46. The number of hydrogen-bond donors (Lipinski definition) is 1. The van der Waals surface area contributed by atoms with Gasteiger partial charge in [0.2, 0.25) is 5.88 Å². The van der Waals surface area contributed by atoms with E-state index in [1.165, 1.54) is 11.3 Å². The van der Waals surface area contributed by atoms with E-state index in [0.29, 0.717) is 23.8 Å². The Balaban J connectivity index is 1.41. The second-order valence-electron chi connectivity index (χ2n) is 6.20. The van der Waals surface area contributed by atoms with Gasteiger partial charge in [0, 0.05) is 34.7 Å². The van der Waals surface area contributed by atoms with E-state index in [9.17, 15) is 0 Å². The minimum Gasteiger partial charge on any atom is -0.476 e. The number of halogens is 1. The van der Waals surface area contributed by atoms with Crippen molar-refractivity contribution in [2.45, 2.75) is 13.3 Å². The van der Waals surface area contributed by atoms with Gasteiger partial charge in [0.25, 0.3) is 0 Å². The molecule has 0 bridgehead atoms. The summed E-state index contributed by atoms with van der Waals surface area (Å²) >= 11 is 9.17. The quantitative estimate of drug-likeness (QED) is 0.413. The molecule has 28 heavy (non-hydrogen) atoms. The second kappa shape index (κ2) is 7.12. The van der Waals surface area contributed by atoms with Gasteiger partial charge in [0.1, 0.15) is 0 Å². The van der Waals surface area contributed by atoms with Crippen molar-refractivity contribution in [3.05, 3.63) is 51.7 Å². The van der Waals surface area contributed by atoms with Gasteiger partial charge in [-0.15, -0.1) is 22.7 Å². The van der Waals surface area contributed by atoms with E-state index in [-0.39, 0.29) is 0 Å². The Hall–Kier alpha value is -2.55. The SMILES string of the molecule is Cc1ncc(-c2nc(OCCc3c[nH]c4ccc(Cl)cc34)c3ncsc3n2)s1. The molecule has 0 spiro atoms. The number of rotatable bonds is 5. The first kappa shape index (κ1) is 17.5. The summed E-state index contributed by atoms with van der Waals surface area (Å²) in [5, 5.41) is 2.81. The van der Waals surface area contributed by atoms with Gasteiger partial charge in [-0.3, -0.25) is 0 Å². The Morgan fingerprint density at radius 1 is 1.21 bits per heavy atom. The molecule has 0 saturated carbocycles. The third-order valence-electron chi connectivity index (χ3n) is 4.35. The molecule has 0 atom stereocenters. The van der Waals surface area contributed by atoms with Crippen molar-refractivity contribution in [3.8, 4) is 16.6 Å².